The minimum absolute atomic E-state index is 0.253. The molecule has 6 heteroatoms. The Kier molecular flexibility index (Phi) is 6.65. The molecule has 3 aromatic rings. The van der Waals surface area contributed by atoms with Gasteiger partial charge < -0.3 is 15.8 Å². The van der Waals surface area contributed by atoms with Crippen LogP contribution >= 0.6 is 11.6 Å². The minimum atomic E-state index is -0.462. The van der Waals surface area contributed by atoms with Crippen LogP contribution in [0.5, 0.6) is 0 Å². The van der Waals surface area contributed by atoms with Gasteiger partial charge in [0.2, 0.25) is 0 Å². The first-order chi connectivity index (χ1) is 14.0. The van der Waals surface area contributed by atoms with Gasteiger partial charge in [-0.25, -0.2) is 4.79 Å². The maximum absolute atomic E-state index is 13.0. The van der Waals surface area contributed by atoms with E-state index < -0.39 is 5.97 Å². The molecule has 0 spiro atoms. The second-order valence-electron chi connectivity index (χ2n) is 6.28. The normalized spacial score (nSPS) is 10.4. The molecule has 0 bridgehead atoms. The van der Waals surface area contributed by atoms with E-state index in [0.29, 0.717) is 23.4 Å². The van der Waals surface area contributed by atoms with E-state index >= 15 is 0 Å². The summed E-state index contributed by atoms with van der Waals surface area (Å²) in [6, 6.07) is 19.6. The number of nitrogens with two attached hydrogens (primary N) is 1. The Hall–Kier alpha value is -3.15. The summed E-state index contributed by atoms with van der Waals surface area (Å²) < 4.78 is 4.96. The Bertz CT molecular complexity index is 1050. The largest absolute Gasteiger partial charge is 0.462 e. The lowest BCUT2D eigenvalue weighted by Gasteiger charge is -2.14. The number of halogens is 1. The topological polar surface area (TPSA) is 81.4 Å². The molecule has 0 heterocycles. The number of carbonyl (C=O) groups is 2. The summed E-state index contributed by atoms with van der Waals surface area (Å²) in [4.78, 5) is 24.8. The van der Waals surface area contributed by atoms with Crippen LogP contribution in [0.4, 0.5) is 5.69 Å². The van der Waals surface area contributed by atoms with Gasteiger partial charge in [-0.3, -0.25) is 4.79 Å². The van der Waals surface area contributed by atoms with E-state index in [9.17, 15) is 9.59 Å². The molecular weight excluding hydrogens is 388 g/mol. The first-order valence-corrected chi connectivity index (χ1v) is 9.58. The molecule has 3 rings (SSSR count). The minimum Gasteiger partial charge on any atom is -0.462 e. The van der Waals surface area contributed by atoms with Gasteiger partial charge in [-0.2, -0.15) is 0 Å². The maximum atomic E-state index is 13.0. The fourth-order valence-corrected chi connectivity index (χ4v) is 3.25. The number of amides is 1. The predicted octanol–water partition coefficient (Wildman–Crippen LogP) is 4.89. The summed E-state index contributed by atoms with van der Waals surface area (Å²) >= 11 is 6.27. The molecule has 0 fully saturated rings. The Morgan fingerprint density at radius 3 is 2.38 bits per heavy atom. The van der Waals surface area contributed by atoms with Crippen molar-refractivity contribution < 1.29 is 14.3 Å². The fraction of sp³-hybridized carbons (Fsp3) is 0.130. The van der Waals surface area contributed by atoms with Crippen molar-refractivity contribution in [2.24, 2.45) is 5.73 Å². The van der Waals surface area contributed by atoms with E-state index in [1.165, 1.54) is 6.07 Å². The lowest BCUT2D eigenvalue weighted by Crippen LogP contribution is -2.14. The summed E-state index contributed by atoms with van der Waals surface area (Å²) in [5, 5.41) is 3.07. The molecule has 0 aromatic heterocycles. The van der Waals surface area contributed by atoms with Gasteiger partial charge in [0.25, 0.3) is 5.91 Å². The van der Waals surface area contributed by atoms with Crippen molar-refractivity contribution in [3.05, 3.63) is 88.4 Å². The number of rotatable bonds is 6. The highest BCUT2D eigenvalue weighted by atomic mass is 35.5. The number of hydrogen-bond donors (Lipinski definition) is 2. The van der Waals surface area contributed by atoms with Crippen LogP contribution in [0, 0.1) is 0 Å². The van der Waals surface area contributed by atoms with E-state index in [4.69, 9.17) is 22.1 Å². The van der Waals surface area contributed by atoms with Gasteiger partial charge in [-0.05, 0) is 47.9 Å². The van der Waals surface area contributed by atoms with Crippen molar-refractivity contribution in [1.29, 1.82) is 0 Å². The van der Waals surface area contributed by atoms with Crippen LogP contribution in [-0.4, -0.2) is 18.5 Å². The van der Waals surface area contributed by atoms with Gasteiger partial charge in [-0.1, -0.05) is 54.1 Å². The van der Waals surface area contributed by atoms with Gasteiger partial charge in [0.1, 0.15) is 0 Å². The second kappa shape index (κ2) is 9.37. The Labute approximate surface area is 174 Å². The molecule has 0 saturated heterocycles. The molecule has 1 amide bonds. The summed E-state index contributed by atoms with van der Waals surface area (Å²) in [5.74, 6) is -0.769. The van der Waals surface area contributed by atoms with Crippen molar-refractivity contribution in [2.75, 3.05) is 11.9 Å². The van der Waals surface area contributed by atoms with Crippen molar-refractivity contribution in [2.45, 2.75) is 13.5 Å². The lowest BCUT2D eigenvalue weighted by atomic mass is 9.95. The summed E-state index contributed by atoms with van der Waals surface area (Å²) in [7, 11) is 0. The van der Waals surface area contributed by atoms with Crippen LogP contribution in [0.3, 0.4) is 0 Å². The smallest absolute Gasteiger partial charge is 0.338 e. The summed E-state index contributed by atoms with van der Waals surface area (Å²) in [6.45, 7) is 2.37. The molecule has 0 unspecified atom stereocenters. The van der Waals surface area contributed by atoms with E-state index in [-0.39, 0.29) is 17.5 Å². The second-order valence-corrected chi connectivity index (χ2v) is 6.68. The highest BCUT2D eigenvalue weighted by Gasteiger charge is 2.16. The number of carbonyl (C=O) groups excluding carboxylic acids is 2. The number of nitrogens with one attached hydrogen (secondary N) is 1. The van der Waals surface area contributed by atoms with E-state index in [1.54, 1.807) is 31.2 Å². The maximum Gasteiger partial charge on any atom is 0.338 e. The summed E-state index contributed by atoms with van der Waals surface area (Å²) in [6.07, 6.45) is 0. The summed E-state index contributed by atoms with van der Waals surface area (Å²) in [5.41, 5.74) is 9.73. The van der Waals surface area contributed by atoms with E-state index in [0.717, 1.165) is 16.7 Å². The van der Waals surface area contributed by atoms with Crippen LogP contribution in [-0.2, 0) is 11.3 Å². The first kappa shape index (κ1) is 20.6. The average Bonchev–Trinajstić information content (AvgIpc) is 2.75. The Morgan fingerprint density at radius 2 is 1.69 bits per heavy atom. The third-order valence-corrected chi connectivity index (χ3v) is 4.74. The highest BCUT2D eigenvalue weighted by Crippen LogP contribution is 2.29. The predicted molar refractivity (Wildman–Crippen MR) is 115 cm³/mol. The number of esters is 1. The van der Waals surface area contributed by atoms with Crippen molar-refractivity contribution in [3.8, 4) is 11.1 Å². The van der Waals surface area contributed by atoms with Crippen LogP contribution in [0.1, 0.15) is 33.2 Å². The lowest BCUT2D eigenvalue weighted by molar-refractivity contribution is 0.0526. The SMILES string of the molecule is CCOC(=O)c1ccc(NC(=O)c2ccccc2-c2ccccc2CN)c(Cl)c1. The molecule has 148 valence electrons. The molecule has 29 heavy (non-hydrogen) atoms. The molecule has 0 saturated carbocycles. The zero-order valence-corrected chi connectivity index (χ0v) is 16.7. The fourth-order valence-electron chi connectivity index (χ4n) is 3.02. The molecule has 0 aliphatic rings. The van der Waals surface area contributed by atoms with Crippen LogP contribution in [0.15, 0.2) is 66.7 Å². The van der Waals surface area contributed by atoms with Crippen LogP contribution < -0.4 is 11.1 Å². The molecule has 0 atom stereocenters. The number of anilines is 1. The average molecular weight is 409 g/mol. The van der Waals surface area contributed by atoms with Crippen LogP contribution in [0.2, 0.25) is 5.02 Å². The van der Waals surface area contributed by atoms with Gasteiger partial charge in [0, 0.05) is 12.1 Å². The quantitative estimate of drug-likeness (QED) is 0.568. The monoisotopic (exact) mass is 408 g/mol. The number of hydrogen-bond acceptors (Lipinski definition) is 4. The first-order valence-electron chi connectivity index (χ1n) is 9.20. The zero-order chi connectivity index (χ0) is 20.8. The van der Waals surface area contributed by atoms with Crippen molar-refractivity contribution >= 4 is 29.2 Å². The van der Waals surface area contributed by atoms with E-state index in [1.807, 2.05) is 36.4 Å². The van der Waals surface area contributed by atoms with Crippen LogP contribution in [0.25, 0.3) is 11.1 Å². The van der Waals surface area contributed by atoms with Gasteiger partial charge >= 0.3 is 5.97 Å². The molecule has 0 aliphatic heterocycles. The third kappa shape index (κ3) is 4.65. The zero-order valence-electron chi connectivity index (χ0n) is 15.9. The molecule has 3 N–H and O–H groups in total. The molecular formula is C23H21ClN2O3. The van der Waals surface area contributed by atoms with Gasteiger partial charge in [0.15, 0.2) is 0 Å². The Balaban J connectivity index is 1.90. The molecule has 0 aliphatic carbocycles. The standard InChI is InChI=1S/C23H21ClN2O3/c1-2-29-23(28)15-11-12-21(20(24)13-15)26-22(27)19-10-6-5-9-18(19)17-8-4-3-7-16(17)14-25/h3-13H,2,14,25H2,1H3,(H,26,27). The van der Waals surface area contributed by atoms with Gasteiger partial charge in [-0.15, -0.1) is 0 Å². The molecule has 5 nitrogen and oxygen atoms in total. The van der Waals surface area contributed by atoms with E-state index in [2.05, 4.69) is 5.32 Å². The van der Waals surface area contributed by atoms with Crippen molar-refractivity contribution in [3.63, 3.8) is 0 Å². The highest BCUT2D eigenvalue weighted by molar-refractivity contribution is 6.34. The third-order valence-electron chi connectivity index (χ3n) is 4.43. The van der Waals surface area contributed by atoms with Crippen molar-refractivity contribution in [1.82, 2.24) is 0 Å². The number of benzene rings is 3. The Morgan fingerprint density at radius 1 is 1.00 bits per heavy atom. The molecule has 0 radical (unpaired) electrons. The van der Waals surface area contributed by atoms with Gasteiger partial charge in [0.05, 0.1) is 22.9 Å². The molecule has 3 aromatic carbocycles. The number of ether oxygens (including phenoxy) is 1.